The van der Waals surface area contributed by atoms with Gasteiger partial charge in [0.2, 0.25) is 29.5 Å². The van der Waals surface area contributed by atoms with Crippen molar-refractivity contribution >= 4 is 40.3 Å². The highest BCUT2D eigenvalue weighted by Crippen LogP contribution is 2.22. The Labute approximate surface area is 267 Å². The van der Waals surface area contributed by atoms with E-state index in [1.54, 1.807) is 12.1 Å². The molecule has 242 valence electrons. The van der Waals surface area contributed by atoms with Crippen LogP contribution in [0.5, 0.6) is 5.75 Å². The largest absolute Gasteiger partial charge is 0.508 e. The van der Waals surface area contributed by atoms with E-state index < -0.39 is 53.7 Å². The van der Waals surface area contributed by atoms with Gasteiger partial charge in [-0.05, 0) is 66.1 Å². The molecule has 0 spiro atoms. The third-order valence-corrected chi connectivity index (χ3v) is 8.48. The number of phenolic OH excluding ortho intramolecular Hbond substituents is 1. The highest BCUT2D eigenvalue weighted by Gasteiger charge is 2.38. The third-order valence-electron chi connectivity index (χ3n) is 8.48. The number of nitrogens with one attached hydrogen (secondary N) is 4. The lowest BCUT2D eigenvalue weighted by Gasteiger charge is -2.30. The summed E-state index contributed by atoms with van der Waals surface area (Å²) in [5, 5.41) is 22.6. The number of nitrogens with zero attached hydrogens (tertiary/aromatic N) is 1. The van der Waals surface area contributed by atoms with Gasteiger partial charge in [-0.15, -0.1) is 0 Å². The molecule has 46 heavy (non-hydrogen) atoms. The van der Waals surface area contributed by atoms with Crippen molar-refractivity contribution in [1.82, 2.24) is 26.2 Å². The number of benzene rings is 3. The molecule has 0 aliphatic carbocycles. The molecule has 5 rings (SSSR count). The maximum Gasteiger partial charge on any atom is 0.246 e. The van der Waals surface area contributed by atoms with Crippen LogP contribution in [0.4, 0.5) is 0 Å². The van der Waals surface area contributed by atoms with E-state index in [2.05, 4.69) is 21.3 Å². The minimum absolute atomic E-state index is 0.0918. The van der Waals surface area contributed by atoms with Gasteiger partial charge >= 0.3 is 0 Å². The van der Waals surface area contributed by atoms with Gasteiger partial charge in [-0.3, -0.25) is 24.0 Å². The molecule has 7 N–H and O–H groups in total. The molecule has 0 unspecified atom stereocenters. The van der Waals surface area contributed by atoms with Gasteiger partial charge in [0, 0.05) is 19.5 Å². The van der Waals surface area contributed by atoms with E-state index in [0.29, 0.717) is 25.8 Å². The van der Waals surface area contributed by atoms with Gasteiger partial charge in [0.1, 0.15) is 23.9 Å². The molecule has 0 bridgehead atoms. The van der Waals surface area contributed by atoms with Crippen LogP contribution in [-0.4, -0.2) is 83.3 Å². The zero-order valence-corrected chi connectivity index (χ0v) is 25.5. The normalized spacial score (nSPS) is 22.1. The van der Waals surface area contributed by atoms with Crippen molar-refractivity contribution in [2.24, 2.45) is 5.73 Å². The van der Waals surface area contributed by atoms with Crippen molar-refractivity contribution in [2.75, 3.05) is 19.6 Å². The first-order valence-corrected chi connectivity index (χ1v) is 15.6. The second-order valence-electron chi connectivity index (χ2n) is 11.9. The summed E-state index contributed by atoms with van der Waals surface area (Å²) in [5.41, 5.74) is 7.76. The van der Waals surface area contributed by atoms with Crippen LogP contribution >= 0.6 is 0 Å². The Hall–Kier alpha value is -4.97. The van der Waals surface area contributed by atoms with E-state index in [9.17, 15) is 29.1 Å². The van der Waals surface area contributed by atoms with Crippen LogP contribution in [0.2, 0.25) is 0 Å². The van der Waals surface area contributed by atoms with Gasteiger partial charge in [-0.25, -0.2) is 0 Å². The highest BCUT2D eigenvalue weighted by molar-refractivity contribution is 5.96. The Morgan fingerprint density at radius 1 is 0.913 bits per heavy atom. The summed E-state index contributed by atoms with van der Waals surface area (Å²) in [5.74, 6) is -2.25. The van der Waals surface area contributed by atoms with Crippen molar-refractivity contribution in [3.63, 3.8) is 0 Å². The number of nitrogens with two attached hydrogens (primary N) is 1. The number of hydrogen-bond donors (Lipinski definition) is 6. The van der Waals surface area contributed by atoms with Gasteiger partial charge in [0.25, 0.3) is 0 Å². The summed E-state index contributed by atoms with van der Waals surface area (Å²) in [6.07, 6.45) is 1.89. The van der Waals surface area contributed by atoms with E-state index in [4.69, 9.17) is 5.73 Å². The van der Waals surface area contributed by atoms with Crippen molar-refractivity contribution in [3.8, 4) is 5.75 Å². The number of hydrogen-bond acceptors (Lipinski definition) is 7. The van der Waals surface area contributed by atoms with Crippen LogP contribution in [0.1, 0.15) is 36.8 Å². The molecule has 4 atom stereocenters. The summed E-state index contributed by atoms with van der Waals surface area (Å²) < 4.78 is 0. The fraction of sp³-hybridized carbons (Fsp3) is 0.382. The SMILES string of the molecule is N[C@@H](Cc1ccc(O)cc1)C(=O)N[C@@H]1CCCNC(=O)CNC(=O)[C@@H]2CCCN2C(=O)[C@H](Cc2ccc3ccccc3c2)NC1=O. The van der Waals surface area contributed by atoms with Crippen LogP contribution in [-0.2, 0) is 36.8 Å². The van der Waals surface area contributed by atoms with Crippen molar-refractivity contribution in [2.45, 2.75) is 62.7 Å². The lowest BCUT2D eigenvalue weighted by atomic mass is 9.99. The van der Waals surface area contributed by atoms with Crippen LogP contribution < -0.4 is 27.0 Å². The van der Waals surface area contributed by atoms with Crippen LogP contribution in [0, 0.1) is 0 Å². The minimum atomic E-state index is -1.04. The van der Waals surface area contributed by atoms with Gasteiger partial charge < -0.3 is 37.0 Å². The Bertz CT molecular complexity index is 1590. The average Bonchev–Trinajstić information content (AvgIpc) is 3.55. The summed E-state index contributed by atoms with van der Waals surface area (Å²) >= 11 is 0. The van der Waals surface area contributed by atoms with Crippen LogP contribution in [0.25, 0.3) is 10.8 Å². The van der Waals surface area contributed by atoms with E-state index in [1.807, 2.05) is 42.5 Å². The Morgan fingerprint density at radius 3 is 2.43 bits per heavy atom. The molecule has 2 saturated heterocycles. The van der Waals surface area contributed by atoms with Gasteiger partial charge in [-0.2, -0.15) is 0 Å². The number of amides is 5. The zero-order valence-electron chi connectivity index (χ0n) is 25.5. The molecule has 2 heterocycles. The molecule has 5 amide bonds. The molecule has 0 saturated carbocycles. The summed E-state index contributed by atoms with van der Waals surface area (Å²) in [4.78, 5) is 68.0. The molecule has 0 radical (unpaired) electrons. The second kappa shape index (κ2) is 14.9. The zero-order chi connectivity index (χ0) is 32.6. The maximum atomic E-state index is 14.1. The number of phenols is 1. The first kappa shape index (κ1) is 32.4. The molecule has 3 aromatic rings. The third kappa shape index (κ3) is 8.19. The average molecular weight is 629 g/mol. The number of carbonyl (C=O) groups is 5. The smallest absolute Gasteiger partial charge is 0.246 e. The van der Waals surface area contributed by atoms with Crippen molar-refractivity contribution in [3.05, 3.63) is 77.9 Å². The van der Waals surface area contributed by atoms with Crippen LogP contribution in [0.15, 0.2) is 66.7 Å². The fourth-order valence-corrected chi connectivity index (χ4v) is 5.99. The first-order chi connectivity index (χ1) is 22.2. The first-order valence-electron chi connectivity index (χ1n) is 15.6. The van der Waals surface area contributed by atoms with Gasteiger partial charge in [0.05, 0.1) is 12.6 Å². The Morgan fingerprint density at radius 2 is 1.65 bits per heavy atom. The molecule has 2 aliphatic rings. The molecular weight excluding hydrogens is 588 g/mol. The number of fused-ring (bicyclic) bond motifs is 2. The summed E-state index contributed by atoms with van der Waals surface area (Å²) in [6.45, 7) is 0.309. The number of carbonyl (C=O) groups excluding carboxylic acids is 5. The summed E-state index contributed by atoms with van der Waals surface area (Å²) in [7, 11) is 0. The van der Waals surface area contributed by atoms with Crippen molar-refractivity contribution < 1.29 is 29.1 Å². The fourth-order valence-electron chi connectivity index (χ4n) is 5.99. The maximum absolute atomic E-state index is 14.1. The number of rotatable bonds is 6. The lowest BCUT2D eigenvalue weighted by Crippen LogP contribution is -2.58. The van der Waals surface area contributed by atoms with Crippen LogP contribution in [0.3, 0.4) is 0 Å². The summed E-state index contributed by atoms with van der Waals surface area (Å²) in [6, 6.07) is 16.2. The molecule has 2 fully saturated rings. The molecular formula is C34H40N6O6. The molecule has 3 aromatic carbocycles. The van der Waals surface area contributed by atoms with E-state index in [0.717, 1.165) is 21.9 Å². The molecule has 12 heteroatoms. The molecule has 2 aliphatic heterocycles. The quantitative estimate of drug-likeness (QED) is 0.232. The van der Waals surface area contributed by atoms with E-state index in [-0.39, 0.29) is 38.1 Å². The lowest BCUT2D eigenvalue weighted by molar-refractivity contribution is -0.142. The Kier molecular flexibility index (Phi) is 10.5. The minimum Gasteiger partial charge on any atom is -0.508 e. The molecule has 0 aromatic heterocycles. The predicted molar refractivity (Wildman–Crippen MR) is 171 cm³/mol. The van der Waals surface area contributed by atoms with Crippen molar-refractivity contribution in [1.29, 1.82) is 0 Å². The topological polar surface area (TPSA) is 183 Å². The number of aromatic hydroxyl groups is 1. The van der Waals surface area contributed by atoms with Gasteiger partial charge in [0.15, 0.2) is 0 Å². The second-order valence-corrected chi connectivity index (χ2v) is 11.9. The monoisotopic (exact) mass is 628 g/mol. The van der Waals surface area contributed by atoms with E-state index in [1.165, 1.54) is 17.0 Å². The highest BCUT2D eigenvalue weighted by atomic mass is 16.3. The van der Waals surface area contributed by atoms with E-state index >= 15 is 0 Å². The predicted octanol–water partition coefficient (Wildman–Crippen LogP) is 0.645. The van der Waals surface area contributed by atoms with Gasteiger partial charge in [-0.1, -0.05) is 54.6 Å². The standard InChI is InChI=1S/C34H40N6O6/c35-26(18-21-10-13-25(41)14-11-21)31(43)38-27-7-3-15-36-30(42)20-37-33(45)29-8-4-16-40(29)34(46)28(39-32(27)44)19-22-9-12-23-5-1-2-6-24(23)17-22/h1-2,5-6,9-14,17,26-29,41H,3-4,7-8,15-16,18-20,35H2,(H,36,42)(H,37,45)(H,38,43)(H,39,44)/t26-,27+,28-,29-/m0/s1. The Balaban J connectivity index is 1.39. The molecule has 12 nitrogen and oxygen atoms in total.